The van der Waals surface area contributed by atoms with Gasteiger partial charge in [-0.15, -0.1) is 0 Å². The van der Waals surface area contributed by atoms with Crippen molar-refractivity contribution in [1.82, 2.24) is 0 Å². The van der Waals surface area contributed by atoms with E-state index in [0.29, 0.717) is 22.6 Å². The van der Waals surface area contributed by atoms with Crippen LogP contribution in [0.1, 0.15) is 25.3 Å². The van der Waals surface area contributed by atoms with Crippen LogP contribution in [0.5, 0.6) is 0 Å². The molecule has 84 valence electrons. The summed E-state index contributed by atoms with van der Waals surface area (Å²) in [6.07, 6.45) is 1.40. The molecule has 0 atom stereocenters. The molecule has 0 radical (unpaired) electrons. The average Bonchev–Trinajstić information content (AvgIpc) is 2.28. The van der Waals surface area contributed by atoms with Gasteiger partial charge in [0.1, 0.15) is 5.82 Å². The maximum Gasteiger partial charge on any atom is 0.142 e. The fourth-order valence-electron chi connectivity index (χ4n) is 1.27. The number of allylic oxidation sites excluding steroid dienone is 1. The van der Waals surface area contributed by atoms with E-state index < -0.39 is 5.82 Å². The number of nitrogens with zero attached hydrogens (tertiary/aromatic N) is 1. The largest absolute Gasteiger partial charge is 0.205 e. The topological polar surface area (TPSA) is 23.8 Å². The average molecular weight is 258 g/mol. The number of hydrogen-bond donors (Lipinski definition) is 0. The Morgan fingerprint density at radius 3 is 2.69 bits per heavy atom. The molecule has 1 rings (SSSR count). The normalized spacial score (nSPS) is 11.9. The molecule has 0 bridgehead atoms. The molecule has 1 aromatic carbocycles. The SMILES string of the molecule is CCC/C(C#N)=C(/Cl)c1ccc(Cl)c(F)c1. The van der Waals surface area contributed by atoms with Crippen LogP contribution in [0.25, 0.3) is 5.03 Å². The highest BCUT2D eigenvalue weighted by Gasteiger charge is 2.08. The Morgan fingerprint density at radius 1 is 1.50 bits per heavy atom. The number of halogens is 3. The zero-order valence-electron chi connectivity index (χ0n) is 8.73. The van der Waals surface area contributed by atoms with Gasteiger partial charge >= 0.3 is 0 Å². The van der Waals surface area contributed by atoms with Gasteiger partial charge in [0, 0.05) is 5.57 Å². The summed E-state index contributed by atoms with van der Waals surface area (Å²) in [5.41, 5.74) is 0.944. The van der Waals surface area contributed by atoms with Crippen LogP contribution >= 0.6 is 23.2 Å². The zero-order valence-corrected chi connectivity index (χ0v) is 10.2. The molecular weight excluding hydrogens is 248 g/mol. The van der Waals surface area contributed by atoms with Crippen molar-refractivity contribution < 1.29 is 4.39 Å². The predicted octanol–water partition coefficient (Wildman–Crippen LogP) is 4.75. The van der Waals surface area contributed by atoms with Crippen LogP contribution < -0.4 is 0 Å². The molecule has 0 unspecified atom stereocenters. The molecule has 0 amide bonds. The Morgan fingerprint density at radius 2 is 2.19 bits per heavy atom. The van der Waals surface area contributed by atoms with Gasteiger partial charge in [0.15, 0.2) is 0 Å². The molecule has 0 aliphatic carbocycles. The van der Waals surface area contributed by atoms with Crippen molar-refractivity contribution in [3.63, 3.8) is 0 Å². The van der Waals surface area contributed by atoms with E-state index in [-0.39, 0.29) is 5.02 Å². The van der Waals surface area contributed by atoms with E-state index in [4.69, 9.17) is 28.5 Å². The summed E-state index contributed by atoms with van der Waals surface area (Å²) in [4.78, 5) is 0. The minimum atomic E-state index is -0.536. The van der Waals surface area contributed by atoms with Gasteiger partial charge in [-0.05, 0) is 24.1 Å². The van der Waals surface area contributed by atoms with Crippen molar-refractivity contribution >= 4 is 28.2 Å². The molecule has 0 aliphatic heterocycles. The third-order valence-electron chi connectivity index (χ3n) is 2.07. The third kappa shape index (κ3) is 2.98. The maximum absolute atomic E-state index is 13.2. The monoisotopic (exact) mass is 257 g/mol. The van der Waals surface area contributed by atoms with Crippen molar-refractivity contribution in [3.8, 4) is 6.07 Å². The molecule has 0 N–H and O–H groups in total. The number of benzene rings is 1. The van der Waals surface area contributed by atoms with E-state index >= 15 is 0 Å². The lowest BCUT2D eigenvalue weighted by atomic mass is 10.1. The highest BCUT2D eigenvalue weighted by atomic mass is 35.5. The van der Waals surface area contributed by atoms with Gasteiger partial charge in [0.05, 0.1) is 16.1 Å². The van der Waals surface area contributed by atoms with Crippen LogP contribution in [-0.2, 0) is 0 Å². The van der Waals surface area contributed by atoms with Crippen molar-refractivity contribution in [3.05, 3.63) is 40.2 Å². The van der Waals surface area contributed by atoms with E-state index in [1.807, 2.05) is 13.0 Å². The Bertz CT molecular complexity index is 461. The first kappa shape index (κ1) is 13.0. The quantitative estimate of drug-likeness (QED) is 0.717. The highest BCUT2D eigenvalue weighted by molar-refractivity contribution is 6.49. The molecule has 16 heavy (non-hydrogen) atoms. The van der Waals surface area contributed by atoms with Gasteiger partial charge < -0.3 is 0 Å². The lowest BCUT2D eigenvalue weighted by molar-refractivity contribution is 0.628. The van der Waals surface area contributed by atoms with E-state index in [9.17, 15) is 4.39 Å². The molecule has 0 aliphatic rings. The molecule has 0 saturated heterocycles. The molecule has 0 aromatic heterocycles. The first-order valence-corrected chi connectivity index (χ1v) is 5.60. The Hall–Kier alpha value is -1.04. The minimum absolute atomic E-state index is 0.0437. The van der Waals surface area contributed by atoms with Gasteiger partial charge in [-0.3, -0.25) is 0 Å². The molecular formula is C12H10Cl2FN. The summed E-state index contributed by atoms with van der Waals surface area (Å²) in [5, 5.41) is 9.24. The molecule has 0 fully saturated rings. The summed E-state index contributed by atoms with van der Waals surface area (Å²) in [6, 6.07) is 6.29. The lowest BCUT2D eigenvalue weighted by Crippen LogP contribution is -1.87. The van der Waals surface area contributed by atoms with Gasteiger partial charge in [-0.25, -0.2) is 4.39 Å². The van der Waals surface area contributed by atoms with Crippen LogP contribution in [0.2, 0.25) is 5.02 Å². The second-order valence-electron chi connectivity index (χ2n) is 3.28. The summed E-state index contributed by atoms with van der Waals surface area (Å²) >= 11 is 11.6. The molecule has 0 spiro atoms. The van der Waals surface area contributed by atoms with Crippen LogP contribution in [0, 0.1) is 17.1 Å². The van der Waals surface area contributed by atoms with Crippen molar-refractivity contribution in [2.75, 3.05) is 0 Å². The van der Waals surface area contributed by atoms with E-state index in [1.165, 1.54) is 12.1 Å². The summed E-state index contributed by atoms with van der Waals surface area (Å²) < 4.78 is 13.2. The van der Waals surface area contributed by atoms with Gasteiger partial charge in [-0.1, -0.05) is 42.6 Å². The fourth-order valence-corrected chi connectivity index (χ4v) is 1.64. The van der Waals surface area contributed by atoms with E-state index in [0.717, 1.165) is 6.42 Å². The molecule has 1 aromatic rings. The van der Waals surface area contributed by atoms with Crippen molar-refractivity contribution in [1.29, 1.82) is 5.26 Å². The zero-order chi connectivity index (χ0) is 12.1. The smallest absolute Gasteiger partial charge is 0.142 e. The van der Waals surface area contributed by atoms with Gasteiger partial charge in [-0.2, -0.15) is 5.26 Å². The standard InChI is InChI=1S/C12H10Cl2FN/c1-2-3-9(7-16)12(14)8-4-5-10(13)11(15)6-8/h4-6H,2-3H2,1H3/b12-9-. The van der Waals surface area contributed by atoms with Gasteiger partial charge in [0.25, 0.3) is 0 Å². The first-order chi connectivity index (χ1) is 7.60. The highest BCUT2D eigenvalue weighted by Crippen LogP contribution is 2.27. The summed E-state index contributed by atoms with van der Waals surface area (Å²) in [5.74, 6) is -0.536. The molecule has 0 saturated carbocycles. The number of nitriles is 1. The first-order valence-electron chi connectivity index (χ1n) is 4.84. The van der Waals surface area contributed by atoms with Crippen LogP contribution in [0.15, 0.2) is 23.8 Å². The Balaban J connectivity index is 3.17. The Labute approximate surface area is 104 Å². The third-order valence-corrected chi connectivity index (χ3v) is 2.83. The van der Waals surface area contributed by atoms with Crippen molar-refractivity contribution in [2.45, 2.75) is 19.8 Å². The van der Waals surface area contributed by atoms with E-state index in [2.05, 4.69) is 0 Å². The minimum Gasteiger partial charge on any atom is -0.205 e. The van der Waals surface area contributed by atoms with Crippen LogP contribution in [-0.4, -0.2) is 0 Å². The molecule has 4 heteroatoms. The second-order valence-corrected chi connectivity index (χ2v) is 4.07. The lowest BCUT2D eigenvalue weighted by Gasteiger charge is -2.04. The fraction of sp³-hybridized carbons (Fsp3) is 0.250. The van der Waals surface area contributed by atoms with Crippen LogP contribution in [0.4, 0.5) is 4.39 Å². The Kier molecular flexibility index (Phi) is 4.79. The predicted molar refractivity (Wildman–Crippen MR) is 64.7 cm³/mol. The van der Waals surface area contributed by atoms with Crippen LogP contribution in [0.3, 0.4) is 0 Å². The summed E-state index contributed by atoms with van der Waals surface area (Å²) in [7, 11) is 0. The maximum atomic E-state index is 13.2. The van der Waals surface area contributed by atoms with Crippen molar-refractivity contribution in [2.24, 2.45) is 0 Å². The molecule has 0 heterocycles. The summed E-state index contributed by atoms with van der Waals surface area (Å²) in [6.45, 7) is 1.95. The second kappa shape index (κ2) is 5.89. The number of rotatable bonds is 3. The van der Waals surface area contributed by atoms with E-state index in [1.54, 1.807) is 6.07 Å². The molecule has 1 nitrogen and oxygen atoms in total. The van der Waals surface area contributed by atoms with Gasteiger partial charge in [0.2, 0.25) is 0 Å². The number of hydrogen-bond acceptors (Lipinski definition) is 1.